The first-order valence-corrected chi connectivity index (χ1v) is 5.92. The van der Waals surface area contributed by atoms with Gasteiger partial charge in [0.05, 0.1) is 6.10 Å². The third kappa shape index (κ3) is 3.43. The van der Waals surface area contributed by atoms with E-state index in [4.69, 9.17) is 0 Å². The molecule has 0 radical (unpaired) electrons. The van der Waals surface area contributed by atoms with E-state index >= 15 is 0 Å². The van der Waals surface area contributed by atoms with Crippen molar-refractivity contribution in [3.8, 4) is 0 Å². The molecule has 1 aliphatic rings. The molecule has 1 aromatic rings. The lowest BCUT2D eigenvalue weighted by atomic mass is 9.92. The van der Waals surface area contributed by atoms with Crippen LogP contribution in [0.4, 0.5) is 0 Å². The average molecular weight is 231 g/mol. The first kappa shape index (κ1) is 11.9. The smallest absolute Gasteiger partial charge is 0.223 e. The van der Waals surface area contributed by atoms with Crippen LogP contribution in [0.3, 0.4) is 0 Å². The number of aliphatic hydroxyl groups is 1. The summed E-state index contributed by atoms with van der Waals surface area (Å²) in [4.78, 5) is 11.9. The van der Waals surface area contributed by atoms with Crippen LogP contribution in [0, 0.1) is 5.92 Å². The van der Waals surface area contributed by atoms with E-state index in [1.807, 2.05) is 36.4 Å². The van der Waals surface area contributed by atoms with Gasteiger partial charge in [0.15, 0.2) is 0 Å². The number of hydrogen-bond acceptors (Lipinski definition) is 2. The average Bonchev–Trinajstić information content (AvgIpc) is 2.37. The summed E-state index contributed by atoms with van der Waals surface area (Å²) in [5, 5.41) is 12.4. The maximum Gasteiger partial charge on any atom is 0.223 e. The summed E-state index contributed by atoms with van der Waals surface area (Å²) in [6.45, 7) is 0.552. The van der Waals surface area contributed by atoms with Gasteiger partial charge < -0.3 is 10.4 Å². The number of carbonyl (C=O) groups is 1. The fourth-order valence-electron chi connectivity index (χ4n) is 2.01. The van der Waals surface area contributed by atoms with Crippen molar-refractivity contribution in [1.29, 1.82) is 0 Å². The molecule has 17 heavy (non-hydrogen) atoms. The van der Waals surface area contributed by atoms with Crippen molar-refractivity contribution < 1.29 is 9.90 Å². The number of hydrogen-bond donors (Lipinski definition) is 2. The molecule has 0 fully saturated rings. The van der Waals surface area contributed by atoms with E-state index < -0.39 is 6.10 Å². The van der Waals surface area contributed by atoms with Crippen molar-refractivity contribution in [2.24, 2.45) is 5.92 Å². The van der Waals surface area contributed by atoms with Gasteiger partial charge in [-0.05, 0) is 18.4 Å². The van der Waals surface area contributed by atoms with Crippen LogP contribution >= 0.6 is 0 Å². The normalized spacial score (nSPS) is 23.4. The van der Waals surface area contributed by atoms with Gasteiger partial charge in [0.1, 0.15) is 0 Å². The standard InChI is InChI=1S/C14H17NO2/c16-13-8-4-7-12(9-13)14(17)15-10-11-5-2-1-3-6-11/h1-6,8,12-13,16H,7,9-10H2,(H,15,17)/t12-,13+/m1/s1. The predicted octanol–water partition coefficient (Wildman–Crippen LogP) is 1.63. The van der Waals surface area contributed by atoms with Gasteiger partial charge in [-0.2, -0.15) is 0 Å². The molecule has 2 rings (SSSR count). The van der Waals surface area contributed by atoms with Crippen molar-refractivity contribution in [3.05, 3.63) is 48.0 Å². The molecule has 0 aliphatic heterocycles. The van der Waals surface area contributed by atoms with Crippen molar-refractivity contribution in [1.82, 2.24) is 5.32 Å². The summed E-state index contributed by atoms with van der Waals surface area (Å²) >= 11 is 0. The second-order valence-corrected chi connectivity index (χ2v) is 4.37. The van der Waals surface area contributed by atoms with Crippen LogP contribution in [-0.4, -0.2) is 17.1 Å². The summed E-state index contributed by atoms with van der Waals surface area (Å²) in [6.07, 6.45) is 4.40. The molecule has 0 bridgehead atoms. The van der Waals surface area contributed by atoms with Gasteiger partial charge >= 0.3 is 0 Å². The first-order chi connectivity index (χ1) is 8.25. The molecule has 0 aromatic heterocycles. The van der Waals surface area contributed by atoms with Gasteiger partial charge in [0.2, 0.25) is 5.91 Å². The minimum Gasteiger partial charge on any atom is -0.389 e. The molecule has 1 aliphatic carbocycles. The first-order valence-electron chi connectivity index (χ1n) is 5.92. The van der Waals surface area contributed by atoms with Crippen LogP contribution in [0.1, 0.15) is 18.4 Å². The van der Waals surface area contributed by atoms with E-state index in [9.17, 15) is 9.90 Å². The molecule has 2 N–H and O–H groups in total. The number of rotatable bonds is 3. The van der Waals surface area contributed by atoms with Gasteiger partial charge in [-0.15, -0.1) is 0 Å². The number of amides is 1. The zero-order chi connectivity index (χ0) is 12.1. The topological polar surface area (TPSA) is 49.3 Å². The maximum atomic E-state index is 11.9. The Morgan fingerprint density at radius 1 is 1.35 bits per heavy atom. The quantitative estimate of drug-likeness (QED) is 0.777. The van der Waals surface area contributed by atoms with E-state index in [0.29, 0.717) is 13.0 Å². The number of carbonyl (C=O) groups excluding carboxylic acids is 1. The number of aliphatic hydroxyl groups excluding tert-OH is 1. The van der Waals surface area contributed by atoms with Crippen LogP contribution in [0.2, 0.25) is 0 Å². The van der Waals surface area contributed by atoms with Gasteiger partial charge in [0, 0.05) is 12.5 Å². The van der Waals surface area contributed by atoms with E-state index in [2.05, 4.69) is 5.32 Å². The van der Waals surface area contributed by atoms with Crippen molar-refractivity contribution in [2.45, 2.75) is 25.5 Å². The molecule has 2 atom stereocenters. The van der Waals surface area contributed by atoms with Crippen molar-refractivity contribution >= 4 is 5.91 Å². The minimum atomic E-state index is -0.476. The fourth-order valence-corrected chi connectivity index (χ4v) is 2.01. The lowest BCUT2D eigenvalue weighted by Crippen LogP contribution is -2.33. The fraction of sp³-hybridized carbons (Fsp3) is 0.357. The zero-order valence-corrected chi connectivity index (χ0v) is 9.67. The Bertz CT molecular complexity index is 400. The van der Waals surface area contributed by atoms with E-state index in [1.54, 1.807) is 6.08 Å². The molecule has 0 heterocycles. The summed E-state index contributed by atoms with van der Waals surface area (Å²) in [6, 6.07) is 9.82. The SMILES string of the molecule is O=C(NCc1ccccc1)[C@@H]1CC=C[C@H](O)C1. The highest BCUT2D eigenvalue weighted by molar-refractivity contribution is 5.79. The molecule has 0 spiro atoms. The molecule has 0 saturated heterocycles. The largest absolute Gasteiger partial charge is 0.389 e. The van der Waals surface area contributed by atoms with E-state index in [-0.39, 0.29) is 11.8 Å². The van der Waals surface area contributed by atoms with Gasteiger partial charge in [0.25, 0.3) is 0 Å². The van der Waals surface area contributed by atoms with Crippen LogP contribution in [0.15, 0.2) is 42.5 Å². The molecule has 0 saturated carbocycles. The number of benzene rings is 1. The van der Waals surface area contributed by atoms with Gasteiger partial charge in [-0.25, -0.2) is 0 Å². The molecular weight excluding hydrogens is 214 g/mol. The summed E-state index contributed by atoms with van der Waals surface area (Å²) in [7, 11) is 0. The molecule has 1 amide bonds. The number of nitrogens with one attached hydrogen (secondary N) is 1. The summed E-state index contributed by atoms with van der Waals surface area (Å²) < 4.78 is 0. The van der Waals surface area contributed by atoms with Gasteiger partial charge in [-0.1, -0.05) is 42.5 Å². The molecule has 3 heteroatoms. The monoisotopic (exact) mass is 231 g/mol. The Morgan fingerprint density at radius 3 is 2.82 bits per heavy atom. The Labute approximate surface area is 101 Å². The molecule has 1 aromatic carbocycles. The third-order valence-corrected chi connectivity index (χ3v) is 2.99. The highest BCUT2D eigenvalue weighted by Crippen LogP contribution is 2.18. The summed E-state index contributed by atoms with van der Waals surface area (Å²) in [5.41, 5.74) is 1.09. The Hall–Kier alpha value is -1.61. The third-order valence-electron chi connectivity index (χ3n) is 2.99. The van der Waals surface area contributed by atoms with E-state index in [0.717, 1.165) is 12.0 Å². The number of allylic oxidation sites excluding steroid dienone is 1. The lowest BCUT2D eigenvalue weighted by Gasteiger charge is -2.20. The lowest BCUT2D eigenvalue weighted by molar-refractivity contribution is -0.126. The highest BCUT2D eigenvalue weighted by Gasteiger charge is 2.22. The van der Waals surface area contributed by atoms with Crippen LogP contribution < -0.4 is 5.32 Å². The van der Waals surface area contributed by atoms with Crippen LogP contribution in [-0.2, 0) is 11.3 Å². The van der Waals surface area contributed by atoms with Crippen molar-refractivity contribution in [2.75, 3.05) is 0 Å². The molecule has 0 unspecified atom stereocenters. The second-order valence-electron chi connectivity index (χ2n) is 4.37. The van der Waals surface area contributed by atoms with E-state index in [1.165, 1.54) is 0 Å². The Kier molecular flexibility index (Phi) is 3.94. The van der Waals surface area contributed by atoms with Gasteiger partial charge in [-0.3, -0.25) is 4.79 Å². The predicted molar refractivity (Wildman–Crippen MR) is 66.2 cm³/mol. The maximum absolute atomic E-state index is 11.9. The molecule has 90 valence electrons. The minimum absolute atomic E-state index is 0.0252. The van der Waals surface area contributed by atoms with Crippen molar-refractivity contribution in [3.63, 3.8) is 0 Å². The molecular formula is C14H17NO2. The zero-order valence-electron chi connectivity index (χ0n) is 9.67. The Morgan fingerprint density at radius 2 is 2.12 bits per heavy atom. The van der Waals surface area contributed by atoms with Crippen LogP contribution in [0.5, 0.6) is 0 Å². The Balaban J connectivity index is 1.84. The van der Waals surface area contributed by atoms with Crippen LogP contribution in [0.25, 0.3) is 0 Å². The highest BCUT2D eigenvalue weighted by atomic mass is 16.3. The summed E-state index contributed by atoms with van der Waals surface area (Å²) in [5.74, 6) is -0.0732. The second kappa shape index (κ2) is 5.64. The molecule has 3 nitrogen and oxygen atoms in total.